The van der Waals surface area contributed by atoms with E-state index in [1.165, 1.54) is 17.5 Å². The average molecular weight is 410 g/mol. The molecule has 2 unspecified atom stereocenters. The van der Waals surface area contributed by atoms with Gasteiger partial charge in [-0.15, -0.1) is 0 Å². The predicted octanol–water partition coefficient (Wildman–Crippen LogP) is 2.53. The highest BCUT2D eigenvalue weighted by Crippen LogP contribution is 2.32. The van der Waals surface area contributed by atoms with E-state index in [-0.39, 0.29) is 36.1 Å². The summed E-state index contributed by atoms with van der Waals surface area (Å²) < 4.78 is 0. The molecule has 160 valence electrons. The number of fused-ring (bicyclic) bond motifs is 1. The van der Waals surface area contributed by atoms with Gasteiger partial charge in [-0.1, -0.05) is 6.07 Å². The zero-order chi connectivity index (χ0) is 20.7. The highest BCUT2D eigenvalue weighted by molar-refractivity contribution is 6.01. The first-order valence-corrected chi connectivity index (χ1v) is 11.6. The van der Waals surface area contributed by atoms with Crippen LogP contribution in [-0.4, -0.2) is 59.7 Å². The van der Waals surface area contributed by atoms with Crippen LogP contribution in [0.3, 0.4) is 0 Å². The lowest BCUT2D eigenvalue weighted by atomic mass is 9.97. The van der Waals surface area contributed by atoms with Gasteiger partial charge < -0.3 is 14.7 Å². The second-order valence-electron chi connectivity index (χ2n) is 9.29. The lowest BCUT2D eigenvalue weighted by Crippen LogP contribution is -2.54. The molecule has 0 bridgehead atoms. The second-order valence-corrected chi connectivity index (χ2v) is 9.29. The Morgan fingerprint density at radius 1 is 0.867 bits per heavy atom. The Kier molecular flexibility index (Phi) is 5.25. The maximum atomic E-state index is 13.4. The lowest BCUT2D eigenvalue weighted by Gasteiger charge is -2.38. The van der Waals surface area contributed by atoms with Crippen LogP contribution in [0.5, 0.6) is 0 Å². The molecule has 1 aromatic carbocycles. The Morgan fingerprint density at radius 2 is 1.63 bits per heavy atom. The Morgan fingerprint density at radius 3 is 2.47 bits per heavy atom. The number of hydrogen-bond acceptors (Lipinski definition) is 3. The monoisotopic (exact) mass is 409 g/mol. The van der Waals surface area contributed by atoms with Gasteiger partial charge in [0, 0.05) is 38.3 Å². The number of likely N-dealkylation sites (tertiary alicyclic amines) is 2. The molecule has 30 heavy (non-hydrogen) atoms. The van der Waals surface area contributed by atoms with E-state index in [2.05, 4.69) is 12.1 Å². The van der Waals surface area contributed by atoms with E-state index in [1.807, 2.05) is 11.0 Å². The van der Waals surface area contributed by atoms with E-state index < -0.39 is 0 Å². The van der Waals surface area contributed by atoms with Crippen molar-refractivity contribution in [3.63, 3.8) is 0 Å². The topological polar surface area (TPSA) is 60.9 Å². The largest absolute Gasteiger partial charge is 0.341 e. The Bertz CT molecular complexity index is 861. The highest BCUT2D eigenvalue weighted by Gasteiger charge is 2.42. The molecule has 0 saturated carbocycles. The smallest absolute Gasteiger partial charge is 0.245 e. The van der Waals surface area contributed by atoms with Crippen LogP contribution in [0.4, 0.5) is 5.69 Å². The third kappa shape index (κ3) is 3.50. The first kappa shape index (κ1) is 19.6. The molecule has 3 heterocycles. The molecule has 6 heteroatoms. The van der Waals surface area contributed by atoms with Crippen LogP contribution >= 0.6 is 0 Å². The van der Waals surface area contributed by atoms with Crippen molar-refractivity contribution < 1.29 is 14.4 Å². The summed E-state index contributed by atoms with van der Waals surface area (Å²) in [6, 6.07) is 5.95. The van der Waals surface area contributed by atoms with Gasteiger partial charge in [0.2, 0.25) is 17.7 Å². The highest BCUT2D eigenvalue weighted by atomic mass is 16.2. The summed E-state index contributed by atoms with van der Waals surface area (Å²) in [7, 11) is 0. The number of carbonyl (C=O) groups is 3. The molecular weight excluding hydrogens is 378 g/mol. The molecule has 0 radical (unpaired) electrons. The van der Waals surface area contributed by atoms with E-state index in [0.29, 0.717) is 13.1 Å². The van der Waals surface area contributed by atoms with Crippen LogP contribution in [0.1, 0.15) is 56.1 Å². The number of amides is 3. The van der Waals surface area contributed by atoms with E-state index in [9.17, 15) is 14.4 Å². The Balaban J connectivity index is 1.30. The summed E-state index contributed by atoms with van der Waals surface area (Å²) in [5.74, 6) is -0.229. The van der Waals surface area contributed by atoms with E-state index in [0.717, 1.165) is 63.7 Å². The van der Waals surface area contributed by atoms with Crippen molar-refractivity contribution in [1.82, 2.24) is 9.80 Å². The van der Waals surface area contributed by atoms with Gasteiger partial charge >= 0.3 is 0 Å². The molecule has 3 saturated heterocycles. The van der Waals surface area contributed by atoms with Crippen molar-refractivity contribution >= 4 is 23.4 Å². The van der Waals surface area contributed by atoms with Crippen molar-refractivity contribution in [3.8, 4) is 0 Å². The number of anilines is 1. The molecule has 1 aliphatic carbocycles. The Labute approximate surface area is 178 Å². The summed E-state index contributed by atoms with van der Waals surface area (Å²) >= 11 is 0. The molecule has 6 nitrogen and oxygen atoms in total. The third-order valence-corrected chi connectivity index (χ3v) is 7.36. The Hall–Kier alpha value is -2.37. The summed E-state index contributed by atoms with van der Waals surface area (Å²) in [6.07, 6.45) is 8.39. The third-order valence-electron chi connectivity index (χ3n) is 7.36. The first-order chi connectivity index (χ1) is 14.6. The summed E-state index contributed by atoms with van der Waals surface area (Å²) in [5.41, 5.74) is 3.64. The molecule has 4 aliphatic rings. The summed E-state index contributed by atoms with van der Waals surface area (Å²) in [5, 5.41) is 0. The van der Waals surface area contributed by atoms with Crippen LogP contribution in [0.25, 0.3) is 0 Å². The van der Waals surface area contributed by atoms with Crippen molar-refractivity contribution in [1.29, 1.82) is 0 Å². The van der Waals surface area contributed by atoms with Gasteiger partial charge in [0.25, 0.3) is 0 Å². The van der Waals surface area contributed by atoms with Crippen LogP contribution < -0.4 is 4.90 Å². The minimum absolute atomic E-state index is 0.00995. The average Bonchev–Trinajstić information content (AvgIpc) is 3.52. The number of carbonyl (C=O) groups excluding carboxylic acids is 3. The van der Waals surface area contributed by atoms with Crippen LogP contribution in [0.2, 0.25) is 0 Å². The molecule has 0 N–H and O–H groups in total. The van der Waals surface area contributed by atoms with Gasteiger partial charge in [0.1, 0.15) is 6.04 Å². The van der Waals surface area contributed by atoms with Crippen LogP contribution in [-0.2, 0) is 27.2 Å². The number of nitrogens with zero attached hydrogens (tertiary/aromatic N) is 3. The molecule has 0 spiro atoms. The van der Waals surface area contributed by atoms with E-state index in [1.54, 1.807) is 9.80 Å². The number of rotatable bonds is 3. The predicted molar refractivity (Wildman–Crippen MR) is 114 cm³/mol. The second kappa shape index (κ2) is 8.05. The normalized spacial score (nSPS) is 26.4. The fourth-order valence-corrected chi connectivity index (χ4v) is 5.68. The van der Waals surface area contributed by atoms with Crippen LogP contribution in [0.15, 0.2) is 18.2 Å². The van der Waals surface area contributed by atoms with Crippen LogP contribution in [0, 0.1) is 5.92 Å². The summed E-state index contributed by atoms with van der Waals surface area (Å²) in [4.78, 5) is 44.7. The fourth-order valence-electron chi connectivity index (χ4n) is 5.68. The van der Waals surface area contributed by atoms with Crippen molar-refractivity contribution in [2.75, 3.05) is 31.1 Å². The number of benzene rings is 1. The minimum Gasteiger partial charge on any atom is -0.341 e. The van der Waals surface area contributed by atoms with Crippen molar-refractivity contribution in [3.05, 3.63) is 29.3 Å². The van der Waals surface area contributed by atoms with E-state index in [4.69, 9.17) is 0 Å². The minimum atomic E-state index is -0.349. The SMILES string of the molecule is O=C(C1CCCCN1C(=O)C1CC(=O)N(c2ccc3c(c2)CCC3)C1)N1CCCC1. The van der Waals surface area contributed by atoms with Gasteiger partial charge in [-0.2, -0.15) is 0 Å². The first-order valence-electron chi connectivity index (χ1n) is 11.6. The lowest BCUT2D eigenvalue weighted by molar-refractivity contribution is -0.149. The number of aryl methyl sites for hydroxylation is 2. The molecular formula is C24H31N3O3. The molecule has 3 aliphatic heterocycles. The number of piperidine rings is 1. The van der Waals surface area contributed by atoms with Gasteiger partial charge in [0.15, 0.2) is 0 Å². The molecule has 1 aromatic rings. The zero-order valence-corrected chi connectivity index (χ0v) is 17.6. The fraction of sp³-hybridized carbons (Fsp3) is 0.625. The summed E-state index contributed by atoms with van der Waals surface area (Å²) in [6.45, 7) is 2.68. The van der Waals surface area contributed by atoms with Gasteiger partial charge in [-0.3, -0.25) is 14.4 Å². The standard InChI is InChI=1S/C24H31N3O3/c28-22-15-19(16-27(22)20-10-9-17-6-5-7-18(17)14-20)23(29)26-13-2-1-8-21(26)24(30)25-11-3-4-12-25/h9-10,14,19,21H,1-8,11-13,15-16H2. The zero-order valence-electron chi connectivity index (χ0n) is 17.6. The maximum Gasteiger partial charge on any atom is 0.245 e. The van der Waals surface area contributed by atoms with Gasteiger partial charge in [0.05, 0.1) is 5.92 Å². The quantitative estimate of drug-likeness (QED) is 0.771. The molecule has 3 fully saturated rings. The van der Waals surface area contributed by atoms with Crippen molar-refractivity contribution in [2.24, 2.45) is 5.92 Å². The maximum absolute atomic E-state index is 13.4. The van der Waals surface area contributed by atoms with Gasteiger partial charge in [-0.25, -0.2) is 0 Å². The number of hydrogen-bond donors (Lipinski definition) is 0. The molecule has 0 aromatic heterocycles. The molecule has 5 rings (SSSR count). The molecule has 3 amide bonds. The van der Waals surface area contributed by atoms with Gasteiger partial charge in [-0.05, 0) is 74.6 Å². The van der Waals surface area contributed by atoms with E-state index >= 15 is 0 Å². The molecule has 2 atom stereocenters. The van der Waals surface area contributed by atoms with Crippen molar-refractivity contribution in [2.45, 2.75) is 63.8 Å².